The Morgan fingerprint density at radius 1 is 1.31 bits per heavy atom. The average Bonchev–Trinajstić information content (AvgIpc) is 2.69. The van der Waals surface area contributed by atoms with Gasteiger partial charge in [0, 0.05) is 11.1 Å². The van der Waals surface area contributed by atoms with Crippen LogP contribution in [0.1, 0.15) is 22.3 Å². The molecule has 2 aromatic rings. The molecule has 2 heterocycles. The van der Waals surface area contributed by atoms with Gasteiger partial charge in [0.25, 0.3) is 0 Å². The van der Waals surface area contributed by atoms with Gasteiger partial charge in [0.2, 0.25) is 0 Å². The molecular weight excluding hydrogens is 242 g/mol. The van der Waals surface area contributed by atoms with Crippen molar-refractivity contribution in [1.82, 2.24) is 15.3 Å². The highest BCUT2D eigenvalue weighted by Gasteiger charge is 2.15. The van der Waals surface area contributed by atoms with Crippen LogP contribution in [0.5, 0.6) is 0 Å². The quantitative estimate of drug-likeness (QED) is 0.914. The lowest BCUT2D eigenvalue weighted by molar-refractivity contribution is 0.676. The first kappa shape index (κ1) is 11.5. The van der Waals surface area contributed by atoms with E-state index in [1.165, 1.54) is 0 Å². The predicted molar refractivity (Wildman–Crippen MR) is 67.0 cm³/mol. The molecule has 84 valence electrons. The highest BCUT2D eigenvalue weighted by atomic mass is 35.5. The Kier molecular flexibility index (Phi) is 3.53. The van der Waals surface area contributed by atoms with Crippen molar-refractivity contribution in [1.29, 1.82) is 0 Å². The fourth-order valence-corrected chi connectivity index (χ4v) is 2.66. The van der Waals surface area contributed by atoms with Gasteiger partial charge in [-0.1, -0.05) is 11.6 Å². The topological polar surface area (TPSA) is 37.8 Å². The summed E-state index contributed by atoms with van der Waals surface area (Å²) in [6.07, 6.45) is 3.57. The number of aryl methyl sites for hydroxylation is 1. The fourth-order valence-electron chi connectivity index (χ4n) is 1.47. The number of thiophene rings is 1. The fraction of sp³-hybridized carbons (Fsp3) is 0.273. The maximum Gasteiger partial charge on any atom is 0.0931 e. The van der Waals surface area contributed by atoms with Crippen LogP contribution in [-0.4, -0.2) is 17.0 Å². The Hall–Kier alpha value is -0.970. The lowest BCUT2D eigenvalue weighted by Crippen LogP contribution is -2.18. The molecule has 0 aliphatic heterocycles. The molecule has 0 radical (unpaired) electrons. The van der Waals surface area contributed by atoms with Crippen molar-refractivity contribution in [3.05, 3.63) is 45.1 Å². The van der Waals surface area contributed by atoms with E-state index in [-0.39, 0.29) is 6.04 Å². The number of hydrogen-bond donors (Lipinski definition) is 1. The molecule has 0 saturated carbocycles. The van der Waals surface area contributed by atoms with Crippen molar-refractivity contribution in [3.8, 4) is 0 Å². The van der Waals surface area contributed by atoms with E-state index in [9.17, 15) is 0 Å². The van der Waals surface area contributed by atoms with Crippen molar-refractivity contribution in [2.24, 2.45) is 0 Å². The van der Waals surface area contributed by atoms with E-state index in [0.717, 1.165) is 20.6 Å². The summed E-state index contributed by atoms with van der Waals surface area (Å²) >= 11 is 7.48. The van der Waals surface area contributed by atoms with E-state index in [1.807, 2.05) is 26.1 Å². The SMILES string of the molecule is CNC(c1cnc(C)cn1)c1ccc(Cl)s1. The van der Waals surface area contributed by atoms with Crippen LogP contribution >= 0.6 is 22.9 Å². The van der Waals surface area contributed by atoms with Gasteiger partial charge in [-0.3, -0.25) is 9.97 Å². The first-order chi connectivity index (χ1) is 7.70. The maximum atomic E-state index is 5.93. The Bertz CT molecular complexity index is 466. The minimum absolute atomic E-state index is 0.0607. The molecule has 2 rings (SSSR count). The molecule has 0 saturated heterocycles. The van der Waals surface area contributed by atoms with Gasteiger partial charge in [-0.2, -0.15) is 0 Å². The zero-order chi connectivity index (χ0) is 11.5. The van der Waals surface area contributed by atoms with E-state index in [1.54, 1.807) is 23.7 Å². The smallest absolute Gasteiger partial charge is 0.0931 e. The zero-order valence-corrected chi connectivity index (χ0v) is 10.6. The van der Waals surface area contributed by atoms with Gasteiger partial charge in [0.05, 0.1) is 28.0 Å². The van der Waals surface area contributed by atoms with Gasteiger partial charge in [-0.15, -0.1) is 11.3 Å². The third-order valence-electron chi connectivity index (χ3n) is 2.26. The summed E-state index contributed by atoms with van der Waals surface area (Å²) in [4.78, 5) is 9.77. The molecule has 0 bridgehead atoms. The van der Waals surface area contributed by atoms with E-state index in [0.29, 0.717) is 0 Å². The van der Waals surface area contributed by atoms with Crippen molar-refractivity contribution in [2.45, 2.75) is 13.0 Å². The molecular formula is C11H12ClN3S. The lowest BCUT2D eigenvalue weighted by Gasteiger charge is -2.13. The summed E-state index contributed by atoms with van der Waals surface area (Å²) in [5.74, 6) is 0. The van der Waals surface area contributed by atoms with Crippen LogP contribution in [0.2, 0.25) is 4.34 Å². The minimum atomic E-state index is 0.0607. The molecule has 1 atom stereocenters. The van der Waals surface area contributed by atoms with Gasteiger partial charge in [-0.05, 0) is 26.1 Å². The van der Waals surface area contributed by atoms with Crippen LogP contribution in [-0.2, 0) is 0 Å². The number of hydrogen-bond acceptors (Lipinski definition) is 4. The molecule has 5 heteroatoms. The number of rotatable bonds is 3. The number of nitrogens with zero attached hydrogens (tertiary/aromatic N) is 2. The van der Waals surface area contributed by atoms with Gasteiger partial charge in [0.1, 0.15) is 0 Å². The van der Waals surface area contributed by atoms with Crippen LogP contribution < -0.4 is 5.32 Å². The molecule has 2 aromatic heterocycles. The molecule has 1 unspecified atom stereocenters. The minimum Gasteiger partial charge on any atom is -0.307 e. The number of halogens is 1. The van der Waals surface area contributed by atoms with Crippen molar-refractivity contribution < 1.29 is 0 Å². The summed E-state index contributed by atoms with van der Waals surface area (Å²) in [5.41, 5.74) is 1.83. The number of aromatic nitrogens is 2. The van der Waals surface area contributed by atoms with Gasteiger partial charge >= 0.3 is 0 Å². The van der Waals surface area contributed by atoms with Crippen LogP contribution in [0.25, 0.3) is 0 Å². The van der Waals surface area contributed by atoms with E-state index in [4.69, 9.17) is 11.6 Å². The molecule has 0 spiro atoms. The Labute approximate surface area is 104 Å². The van der Waals surface area contributed by atoms with Gasteiger partial charge < -0.3 is 5.32 Å². The summed E-state index contributed by atoms with van der Waals surface area (Å²) in [6.45, 7) is 1.92. The number of nitrogens with one attached hydrogen (secondary N) is 1. The van der Waals surface area contributed by atoms with E-state index in [2.05, 4.69) is 15.3 Å². The normalized spacial score (nSPS) is 12.7. The molecule has 0 aromatic carbocycles. The van der Waals surface area contributed by atoms with Crippen molar-refractivity contribution >= 4 is 22.9 Å². The molecule has 0 amide bonds. The Morgan fingerprint density at radius 3 is 2.62 bits per heavy atom. The predicted octanol–water partition coefficient (Wildman–Crippen LogP) is 2.81. The monoisotopic (exact) mass is 253 g/mol. The highest BCUT2D eigenvalue weighted by molar-refractivity contribution is 7.16. The van der Waals surface area contributed by atoms with Crippen LogP contribution in [0, 0.1) is 6.92 Å². The van der Waals surface area contributed by atoms with Crippen LogP contribution in [0.4, 0.5) is 0 Å². The second kappa shape index (κ2) is 4.91. The van der Waals surface area contributed by atoms with Gasteiger partial charge in [-0.25, -0.2) is 0 Å². The zero-order valence-electron chi connectivity index (χ0n) is 9.07. The third kappa shape index (κ3) is 2.40. The Morgan fingerprint density at radius 2 is 2.12 bits per heavy atom. The van der Waals surface area contributed by atoms with Crippen molar-refractivity contribution in [3.63, 3.8) is 0 Å². The van der Waals surface area contributed by atoms with Crippen molar-refractivity contribution in [2.75, 3.05) is 7.05 Å². The first-order valence-corrected chi connectivity index (χ1v) is 6.11. The van der Waals surface area contributed by atoms with Crippen LogP contribution in [0.15, 0.2) is 24.5 Å². The largest absolute Gasteiger partial charge is 0.307 e. The van der Waals surface area contributed by atoms with Crippen LogP contribution in [0.3, 0.4) is 0 Å². The third-order valence-corrected chi connectivity index (χ3v) is 3.56. The Balaban J connectivity index is 2.32. The summed E-state index contributed by atoms with van der Waals surface area (Å²) in [5, 5.41) is 3.22. The highest BCUT2D eigenvalue weighted by Crippen LogP contribution is 2.29. The second-order valence-corrected chi connectivity index (χ2v) is 5.19. The second-order valence-electron chi connectivity index (χ2n) is 3.45. The summed E-state index contributed by atoms with van der Waals surface area (Å²) in [6, 6.07) is 3.97. The summed E-state index contributed by atoms with van der Waals surface area (Å²) < 4.78 is 0.787. The lowest BCUT2D eigenvalue weighted by atomic mass is 10.2. The maximum absolute atomic E-state index is 5.93. The molecule has 1 N–H and O–H groups in total. The standard InChI is InChI=1S/C11H12ClN3S/c1-7-5-15-8(6-14-7)11(13-2)9-3-4-10(12)16-9/h3-6,11,13H,1-2H3. The molecule has 0 aliphatic rings. The molecule has 16 heavy (non-hydrogen) atoms. The molecule has 0 fully saturated rings. The van der Waals surface area contributed by atoms with E-state index < -0.39 is 0 Å². The van der Waals surface area contributed by atoms with E-state index >= 15 is 0 Å². The average molecular weight is 254 g/mol. The molecule has 0 aliphatic carbocycles. The van der Waals surface area contributed by atoms with Gasteiger partial charge in [0.15, 0.2) is 0 Å². The molecule has 3 nitrogen and oxygen atoms in total. The first-order valence-electron chi connectivity index (χ1n) is 4.91. The summed E-state index contributed by atoms with van der Waals surface area (Å²) in [7, 11) is 1.90.